The molecule has 3 aliphatic rings. The van der Waals surface area contributed by atoms with E-state index in [1.165, 1.54) is 32.1 Å². The molecule has 1 spiro atoms. The maximum atomic E-state index is 10.2. The molecule has 0 amide bonds. The lowest BCUT2D eigenvalue weighted by atomic mass is 9.67. The summed E-state index contributed by atoms with van der Waals surface area (Å²) in [5, 5.41) is 10.2. The quantitative estimate of drug-likeness (QED) is 0.792. The molecule has 3 unspecified atom stereocenters. The molecule has 3 heteroatoms. The summed E-state index contributed by atoms with van der Waals surface area (Å²) in [6.07, 6.45) is 9.88. The van der Waals surface area contributed by atoms with E-state index in [9.17, 15) is 5.11 Å². The third kappa shape index (κ3) is 2.70. The molecule has 3 atom stereocenters. The normalized spacial score (nSPS) is 40.4. The molecule has 0 bridgehead atoms. The Morgan fingerprint density at radius 1 is 1.16 bits per heavy atom. The zero-order chi connectivity index (χ0) is 13.3. The highest BCUT2D eigenvalue weighted by Gasteiger charge is 2.48. The number of aliphatic hydroxyl groups excluding tert-OH is 1. The van der Waals surface area contributed by atoms with Gasteiger partial charge in [0.1, 0.15) is 0 Å². The van der Waals surface area contributed by atoms with E-state index in [0.717, 1.165) is 39.0 Å². The minimum atomic E-state index is -0.0763. The second-order valence-corrected chi connectivity index (χ2v) is 7.03. The third-order valence-electron chi connectivity index (χ3n) is 5.81. The van der Waals surface area contributed by atoms with Gasteiger partial charge in [0.15, 0.2) is 0 Å². The van der Waals surface area contributed by atoms with Gasteiger partial charge >= 0.3 is 0 Å². The molecular weight excluding hydrogens is 238 g/mol. The molecule has 0 radical (unpaired) electrons. The van der Waals surface area contributed by atoms with Crippen molar-refractivity contribution < 1.29 is 9.84 Å². The summed E-state index contributed by atoms with van der Waals surface area (Å²) in [5.41, 5.74) is 0.512. The zero-order valence-electron chi connectivity index (χ0n) is 12.3. The number of nitrogens with zero attached hydrogens (tertiary/aromatic N) is 1. The topological polar surface area (TPSA) is 32.7 Å². The van der Waals surface area contributed by atoms with Crippen molar-refractivity contribution in [2.45, 2.75) is 76.5 Å². The van der Waals surface area contributed by atoms with Crippen LogP contribution in [-0.4, -0.2) is 48.0 Å². The minimum Gasteiger partial charge on any atom is -0.393 e. The molecule has 110 valence electrons. The fraction of sp³-hybridized carbons (Fsp3) is 1.00. The maximum absolute atomic E-state index is 10.2. The molecule has 2 aliphatic carbocycles. The van der Waals surface area contributed by atoms with Crippen LogP contribution in [0.25, 0.3) is 0 Å². The molecule has 3 nitrogen and oxygen atoms in total. The van der Waals surface area contributed by atoms with Crippen LogP contribution in [0.4, 0.5) is 0 Å². The van der Waals surface area contributed by atoms with Crippen LogP contribution in [0.2, 0.25) is 0 Å². The minimum absolute atomic E-state index is 0.0763. The van der Waals surface area contributed by atoms with E-state index in [1.807, 2.05) is 0 Å². The Hall–Kier alpha value is -0.120. The molecule has 1 heterocycles. The molecule has 1 saturated heterocycles. The molecule has 19 heavy (non-hydrogen) atoms. The molecule has 1 aliphatic heterocycles. The average molecular weight is 267 g/mol. The smallest absolute Gasteiger partial charge is 0.0619 e. The summed E-state index contributed by atoms with van der Waals surface area (Å²) in [6, 6.07) is 1.10. The number of aliphatic hydroxyl groups is 1. The van der Waals surface area contributed by atoms with Gasteiger partial charge < -0.3 is 9.84 Å². The molecule has 1 N–H and O–H groups in total. The SMILES string of the molecule is CC1COCCCN1C1CC(O)CCC12CCCC2. The Kier molecular flexibility index (Phi) is 4.16. The van der Waals surface area contributed by atoms with Crippen molar-refractivity contribution >= 4 is 0 Å². The lowest BCUT2D eigenvalue weighted by Crippen LogP contribution is -2.55. The van der Waals surface area contributed by atoms with E-state index >= 15 is 0 Å². The van der Waals surface area contributed by atoms with Crippen molar-refractivity contribution in [3.05, 3.63) is 0 Å². The molecule has 2 saturated carbocycles. The Morgan fingerprint density at radius 3 is 2.74 bits per heavy atom. The predicted octanol–water partition coefficient (Wildman–Crippen LogP) is 2.57. The standard InChI is InChI=1S/C16H29NO2/c1-13-12-19-10-4-9-17(13)15-11-14(18)5-8-16(15)6-2-3-7-16/h13-15,18H,2-12H2,1H3. The van der Waals surface area contributed by atoms with Crippen LogP contribution in [0.3, 0.4) is 0 Å². The van der Waals surface area contributed by atoms with Gasteiger partial charge in [-0.05, 0) is 50.9 Å². The Bertz CT molecular complexity index is 301. The third-order valence-corrected chi connectivity index (χ3v) is 5.81. The highest BCUT2D eigenvalue weighted by molar-refractivity contribution is 5.01. The van der Waals surface area contributed by atoms with E-state index in [0.29, 0.717) is 17.5 Å². The Labute approximate surface area is 117 Å². The van der Waals surface area contributed by atoms with Gasteiger partial charge in [-0.2, -0.15) is 0 Å². The highest BCUT2D eigenvalue weighted by Crippen LogP contribution is 2.51. The van der Waals surface area contributed by atoms with Gasteiger partial charge in [-0.25, -0.2) is 0 Å². The van der Waals surface area contributed by atoms with Crippen LogP contribution in [-0.2, 0) is 4.74 Å². The largest absolute Gasteiger partial charge is 0.393 e. The first-order chi connectivity index (χ1) is 9.21. The molecular formula is C16H29NO2. The molecule has 0 aromatic heterocycles. The lowest BCUT2D eigenvalue weighted by Gasteiger charge is -2.50. The Balaban J connectivity index is 1.81. The summed E-state index contributed by atoms with van der Waals surface area (Å²) in [6.45, 7) is 5.22. The average Bonchev–Trinajstić information content (AvgIpc) is 2.77. The van der Waals surface area contributed by atoms with Gasteiger partial charge in [-0.15, -0.1) is 0 Å². The van der Waals surface area contributed by atoms with Gasteiger partial charge in [0.05, 0.1) is 12.7 Å². The number of hydrogen-bond acceptors (Lipinski definition) is 3. The molecule has 3 rings (SSSR count). The summed E-state index contributed by atoms with van der Waals surface area (Å²) >= 11 is 0. The van der Waals surface area contributed by atoms with Gasteiger partial charge in [0.2, 0.25) is 0 Å². The first kappa shape index (κ1) is 13.8. The van der Waals surface area contributed by atoms with Crippen LogP contribution in [0.1, 0.15) is 58.3 Å². The van der Waals surface area contributed by atoms with Gasteiger partial charge in [-0.3, -0.25) is 4.90 Å². The first-order valence-corrected chi connectivity index (χ1v) is 8.23. The van der Waals surface area contributed by atoms with Crippen LogP contribution in [0.5, 0.6) is 0 Å². The zero-order valence-corrected chi connectivity index (χ0v) is 12.3. The van der Waals surface area contributed by atoms with E-state index < -0.39 is 0 Å². The highest BCUT2D eigenvalue weighted by atomic mass is 16.5. The van der Waals surface area contributed by atoms with Crippen molar-refractivity contribution in [1.82, 2.24) is 4.90 Å². The Morgan fingerprint density at radius 2 is 1.95 bits per heavy atom. The summed E-state index contributed by atoms with van der Waals surface area (Å²) in [4.78, 5) is 2.68. The van der Waals surface area contributed by atoms with Gasteiger partial charge in [0, 0.05) is 25.2 Å². The number of rotatable bonds is 1. The fourth-order valence-corrected chi connectivity index (χ4v) is 4.78. The van der Waals surface area contributed by atoms with Crippen LogP contribution >= 0.6 is 0 Å². The van der Waals surface area contributed by atoms with Crippen molar-refractivity contribution in [3.63, 3.8) is 0 Å². The maximum Gasteiger partial charge on any atom is 0.0619 e. The second kappa shape index (κ2) is 5.71. The van der Waals surface area contributed by atoms with Crippen LogP contribution in [0.15, 0.2) is 0 Å². The lowest BCUT2D eigenvalue weighted by molar-refractivity contribution is -0.0434. The second-order valence-electron chi connectivity index (χ2n) is 7.03. The van der Waals surface area contributed by atoms with Crippen LogP contribution < -0.4 is 0 Å². The summed E-state index contributed by atoms with van der Waals surface area (Å²) < 4.78 is 5.70. The van der Waals surface area contributed by atoms with Crippen molar-refractivity contribution in [1.29, 1.82) is 0 Å². The van der Waals surface area contributed by atoms with Crippen molar-refractivity contribution in [2.24, 2.45) is 5.41 Å². The van der Waals surface area contributed by atoms with E-state index in [4.69, 9.17) is 4.74 Å². The van der Waals surface area contributed by atoms with E-state index in [2.05, 4.69) is 11.8 Å². The van der Waals surface area contributed by atoms with Crippen molar-refractivity contribution in [2.75, 3.05) is 19.8 Å². The first-order valence-electron chi connectivity index (χ1n) is 8.23. The van der Waals surface area contributed by atoms with E-state index in [-0.39, 0.29) is 6.10 Å². The molecule has 0 aromatic rings. The van der Waals surface area contributed by atoms with Gasteiger partial charge in [-0.1, -0.05) is 12.8 Å². The number of hydrogen-bond donors (Lipinski definition) is 1. The summed E-state index contributed by atoms with van der Waals surface area (Å²) in [5.74, 6) is 0. The van der Waals surface area contributed by atoms with Gasteiger partial charge in [0.25, 0.3) is 0 Å². The predicted molar refractivity (Wildman–Crippen MR) is 76.2 cm³/mol. The number of ether oxygens (including phenoxy) is 1. The van der Waals surface area contributed by atoms with Crippen molar-refractivity contribution in [3.8, 4) is 0 Å². The summed E-state index contributed by atoms with van der Waals surface area (Å²) in [7, 11) is 0. The molecule has 3 fully saturated rings. The fourth-order valence-electron chi connectivity index (χ4n) is 4.78. The van der Waals surface area contributed by atoms with Crippen LogP contribution in [0, 0.1) is 5.41 Å². The van der Waals surface area contributed by atoms with E-state index in [1.54, 1.807) is 0 Å². The monoisotopic (exact) mass is 267 g/mol. The molecule has 0 aromatic carbocycles.